The highest BCUT2D eigenvalue weighted by Crippen LogP contribution is 2.40. The third-order valence-electron chi connectivity index (χ3n) is 14.2. The number of rotatable bonds is 17. The maximum absolute atomic E-state index is 14.6. The zero-order valence-electron chi connectivity index (χ0n) is 45.2. The van der Waals surface area contributed by atoms with Gasteiger partial charge in [-0.1, -0.05) is 126 Å². The number of likely N-dealkylation sites (N-methyl/N-ethyl adjacent to an activating group) is 2. The Morgan fingerprint density at radius 2 is 0.974 bits per heavy atom. The van der Waals surface area contributed by atoms with E-state index in [1.165, 1.54) is 22.7 Å². The summed E-state index contributed by atoms with van der Waals surface area (Å²) in [6.45, 7) is 13.8. The zero-order valence-corrected chi connectivity index (χ0v) is 46.8. The fourth-order valence-corrected chi connectivity index (χ4v) is 11.7. The van der Waals surface area contributed by atoms with Gasteiger partial charge in [0.05, 0.1) is 36.1 Å². The molecule has 4 heterocycles. The molecule has 0 radical (unpaired) electrons. The van der Waals surface area contributed by atoms with Gasteiger partial charge in [-0.3, -0.25) is 28.8 Å². The standard InChI is InChI=1S/C59H70N10O6S2/c1-35(61-9)51(71)67-50(59(5,6)7)57(75)69-32-43(29-47(69)55-65-45(34-77-55)39-18-14-11-15-19-39)63-53(73)41-26-22-37(23-27-41)36-20-24-40(25-21-36)52(72)62-42-28-46(54-64-44(33-76-54)38-16-12-10-13-17-38)68(31-42)56(74)49(58(2,3)4)66-48(70)30-60-8/h10-27,33-35,42-43,46-47,49-50,60-61H,28-32H2,1-9H3,(H,62,72)(H,63,73)(H,66,70)(H,67,71)/t35-,42?,43?,46?,47?,49?,50?/m0/s1. The Morgan fingerprint density at radius 1 is 0.571 bits per heavy atom. The lowest BCUT2D eigenvalue weighted by Crippen LogP contribution is -2.57. The van der Waals surface area contributed by atoms with Crippen LogP contribution in [0.25, 0.3) is 33.6 Å². The third kappa shape index (κ3) is 13.4. The molecule has 0 spiro atoms. The van der Waals surface area contributed by atoms with Gasteiger partial charge in [0.1, 0.15) is 22.1 Å². The number of likely N-dealkylation sites (tertiary alicyclic amines) is 2. The van der Waals surface area contributed by atoms with Crippen LogP contribution in [0.4, 0.5) is 0 Å². The van der Waals surface area contributed by atoms with E-state index in [-0.39, 0.29) is 55.1 Å². The molecule has 8 rings (SSSR count). The van der Waals surface area contributed by atoms with Crippen LogP contribution >= 0.6 is 22.7 Å². The maximum atomic E-state index is 14.6. The summed E-state index contributed by atoms with van der Waals surface area (Å²) in [6.07, 6.45) is 0.869. The van der Waals surface area contributed by atoms with Crippen molar-refractivity contribution in [1.82, 2.24) is 51.7 Å². The second-order valence-corrected chi connectivity index (χ2v) is 23.8. The van der Waals surface area contributed by atoms with Crippen molar-refractivity contribution in [1.29, 1.82) is 0 Å². The van der Waals surface area contributed by atoms with Crippen LogP contribution in [0.5, 0.6) is 0 Å². The minimum Gasteiger partial charge on any atom is -0.347 e. The molecule has 6 N–H and O–H groups in total. The number of thiazole rings is 2. The second kappa shape index (κ2) is 24.0. The molecule has 2 saturated heterocycles. The zero-order chi connectivity index (χ0) is 55.2. The van der Waals surface area contributed by atoms with Gasteiger partial charge >= 0.3 is 0 Å². The number of benzene rings is 4. The Morgan fingerprint density at radius 3 is 1.35 bits per heavy atom. The van der Waals surface area contributed by atoms with Gasteiger partial charge in [-0.25, -0.2) is 9.97 Å². The van der Waals surface area contributed by atoms with Gasteiger partial charge in [-0.05, 0) is 80.1 Å². The van der Waals surface area contributed by atoms with Crippen molar-refractivity contribution in [3.8, 4) is 33.6 Å². The SMILES string of the molecule is CNCC(=O)NC(C(=O)N1CC(NC(=O)c2ccc(-c3ccc(C(=O)NC4CC(c5nc(-c6ccccc6)cs5)N(C(=O)C(NC(=O)[C@H](C)NC)C(C)(C)C)C4)cc3)cc2)CC1c1nc(-c2ccccc2)cs1)C(C)(C)C. The average molecular weight is 1080 g/mol. The first-order valence-corrected chi connectivity index (χ1v) is 27.8. The summed E-state index contributed by atoms with van der Waals surface area (Å²) < 4.78 is 0. The van der Waals surface area contributed by atoms with Crippen molar-refractivity contribution in [2.24, 2.45) is 10.8 Å². The number of aromatic nitrogens is 2. The van der Waals surface area contributed by atoms with E-state index in [9.17, 15) is 28.8 Å². The Labute approximate surface area is 459 Å². The van der Waals surface area contributed by atoms with Crippen LogP contribution in [0.1, 0.15) is 104 Å². The van der Waals surface area contributed by atoms with Crippen molar-refractivity contribution in [3.63, 3.8) is 0 Å². The summed E-state index contributed by atoms with van der Waals surface area (Å²) in [5, 5.41) is 23.6. The number of carbonyl (C=O) groups excluding carboxylic acids is 6. The van der Waals surface area contributed by atoms with E-state index in [2.05, 4.69) is 31.9 Å². The molecule has 2 aromatic heterocycles. The van der Waals surface area contributed by atoms with E-state index in [4.69, 9.17) is 9.97 Å². The van der Waals surface area contributed by atoms with Crippen molar-refractivity contribution >= 4 is 58.1 Å². The van der Waals surface area contributed by atoms with Gasteiger partial charge in [-0.2, -0.15) is 0 Å². The molecule has 0 saturated carbocycles. The van der Waals surface area contributed by atoms with E-state index >= 15 is 0 Å². The Balaban J connectivity index is 0.942. The lowest BCUT2D eigenvalue weighted by atomic mass is 9.85. The Bertz CT molecular complexity index is 3040. The molecule has 404 valence electrons. The van der Waals surface area contributed by atoms with Gasteiger partial charge in [-0.15, -0.1) is 22.7 Å². The number of nitrogens with zero attached hydrogens (tertiary/aromatic N) is 4. The van der Waals surface area contributed by atoms with Crippen molar-refractivity contribution < 1.29 is 28.8 Å². The van der Waals surface area contributed by atoms with Crippen LogP contribution in [-0.4, -0.2) is 119 Å². The number of hydrogen-bond acceptors (Lipinski definition) is 12. The smallest absolute Gasteiger partial charge is 0.251 e. The molecule has 6 amide bonds. The van der Waals surface area contributed by atoms with E-state index in [1.807, 2.05) is 137 Å². The molecule has 2 aliphatic heterocycles. The molecular formula is C59H70N10O6S2. The highest BCUT2D eigenvalue weighted by Gasteiger charge is 2.46. The van der Waals surface area contributed by atoms with Gasteiger partial charge in [0, 0.05) is 58.2 Å². The lowest BCUT2D eigenvalue weighted by Gasteiger charge is -2.36. The predicted octanol–water partition coefficient (Wildman–Crippen LogP) is 7.63. The summed E-state index contributed by atoms with van der Waals surface area (Å²) in [7, 11) is 3.37. The van der Waals surface area contributed by atoms with Crippen molar-refractivity contribution in [2.75, 3.05) is 33.7 Å². The molecule has 18 heteroatoms. The number of nitrogens with one attached hydrogen (secondary N) is 6. The first-order chi connectivity index (χ1) is 36.7. The highest BCUT2D eigenvalue weighted by atomic mass is 32.1. The summed E-state index contributed by atoms with van der Waals surface area (Å²) >= 11 is 2.94. The first-order valence-electron chi connectivity index (χ1n) is 26.1. The minimum absolute atomic E-state index is 0.0643. The number of amides is 6. The Hall–Kier alpha value is -7.12. The summed E-state index contributed by atoms with van der Waals surface area (Å²) in [5.74, 6) is -1.63. The largest absolute Gasteiger partial charge is 0.347 e. The highest BCUT2D eigenvalue weighted by molar-refractivity contribution is 7.10. The number of hydrogen-bond donors (Lipinski definition) is 6. The normalized spacial score (nSPS) is 18.8. The lowest BCUT2D eigenvalue weighted by molar-refractivity contribution is -0.140. The quantitative estimate of drug-likeness (QED) is 0.0527. The van der Waals surface area contributed by atoms with E-state index in [0.717, 1.165) is 43.7 Å². The second-order valence-electron chi connectivity index (χ2n) is 22.1. The fourth-order valence-electron chi connectivity index (χ4n) is 9.77. The van der Waals surface area contributed by atoms with Crippen molar-refractivity contribution in [2.45, 2.75) is 104 Å². The molecule has 0 aliphatic carbocycles. The van der Waals surface area contributed by atoms with E-state index in [0.29, 0.717) is 24.0 Å². The third-order valence-corrected chi connectivity index (χ3v) is 16.1. The van der Waals surface area contributed by atoms with E-state index in [1.54, 1.807) is 55.1 Å². The van der Waals surface area contributed by atoms with Crippen LogP contribution in [0.2, 0.25) is 0 Å². The molecule has 7 atom stereocenters. The topological polar surface area (TPSA) is 207 Å². The molecule has 16 nitrogen and oxygen atoms in total. The molecular weight excluding hydrogens is 1010 g/mol. The van der Waals surface area contributed by atoms with Gasteiger partial charge in [0.15, 0.2) is 0 Å². The molecule has 2 fully saturated rings. The number of carbonyl (C=O) groups is 6. The molecule has 4 aromatic carbocycles. The van der Waals surface area contributed by atoms with Crippen LogP contribution < -0.4 is 31.9 Å². The van der Waals surface area contributed by atoms with Crippen LogP contribution in [0.3, 0.4) is 0 Å². The first kappa shape index (κ1) is 56.1. The summed E-state index contributed by atoms with van der Waals surface area (Å²) in [4.78, 5) is 96.5. The maximum Gasteiger partial charge on any atom is 0.251 e. The van der Waals surface area contributed by atoms with E-state index < -0.39 is 53.1 Å². The fraction of sp³-hybridized carbons (Fsp3) is 0.390. The van der Waals surface area contributed by atoms with Crippen LogP contribution in [0.15, 0.2) is 120 Å². The van der Waals surface area contributed by atoms with Crippen LogP contribution in [-0.2, 0) is 19.2 Å². The van der Waals surface area contributed by atoms with Gasteiger partial charge < -0.3 is 41.7 Å². The molecule has 0 bridgehead atoms. The molecule has 77 heavy (non-hydrogen) atoms. The molecule has 2 aliphatic rings. The summed E-state index contributed by atoms with van der Waals surface area (Å²) in [5.41, 5.74) is 4.87. The Kier molecular flexibility index (Phi) is 17.5. The average Bonchev–Trinajstić information content (AvgIpc) is 4.27. The molecule has 6 aromatic rings. The summed E-state index contributed by atoms with van der Waals surface area (Å²) in [6, 6.07) is 30.3. The van der Waals surface area contributed by atoms with Gasteiger partial charge in [0.25, 0.3) is 11.8 Å². The van der Waals surface area contributed by atoms with Crippen LogP contribution in [0, 0.1) is 10.8 Å². The predicted molar refractivity (Wildman–Crippen MR) is 303 cm³/mol. The van der Waals surface area contributed by atoms with Gasteiger partial charge in [0.2, 0.25) is 23.6 Å². The molecule has 6 unspecified atom stereocenters. The van der Waals surface area contributed by atoms with Crippen molar-refractivity contribution in [3.05, 3.63) is 141 Å². The monoisotopic (exact) mass is 1080 g/mol. The minimum atomic E-state index is -0.836.